The summed E-state index contributed by atoms with van der Waals surface area (Å²) in [7, 11) is -3.55. The second-order valence-corrected chi connectivity index (χ2v) is 11.9. The van der Waals surface area contributed by atoms with E-state index in [1.807, 2.05) is 133 Å². The molecule has 0 amide bonds. The number of benzene rings is 6. The van der Waals surface area contributed by atoms with Crippen molar-refractivity contribution >= 4 is 44.0 Å². The molecule has 206 valence electrons. The summed E-state index contributed by atoms with van der Waals surface area (Å²) >= 11 is 0. The first-order chi connectivity index (χ1) is 20.6. The number of rotatable bonds is 9. The summed E-state index contributed by atoms with van der Waals surface area (Å²) in [6, 6.07) is 55.3. The Morgan fingerprint density at radius 3 is 0.976 bits per heavy atom. The van der Waals surface area contributed by atoms with Gasteiger partial charge < -0.3 is 9.80 Å². The lowest BCUT2D eigenvalue weighted by Crippen LogP contribution is -2.11. The third-order valence-corrected chi connectivity index (χ3v) is 8.77. The minimum absolute atomic E-state index is 0.0790. The van der Waals surface area contributed by atoms with E-state index in [9.17, 15) is 8.42 Å². The molecular formula is C37H30N2O2S. The molecule has 0 fully saturated rings. The quantitative estimate of drug-likeness (QED) is 0.175. The average molecular weight is 567 g/mol. The first-order valence-corrected chi connectivity index (χ1v) is 15.5. The van der Waals surface area contributed by atoms with Gasteiger partial charge in [0.25, 0.3) is 0 Å². The molecule has 0 aliphatic carbocycles. The molecule has 42 heavy (non-hydrogen) atoms. The number of hydrogen-bond donors (Lipinski definition) is 0. The fraction of sp³-hybridized carbons (Fsp3) is 0.0270. The van der Waals surface area contributed by atoms with E-state index in [-0.39, 0.29) is 5.75 Å². The number of anilines is 6. The number of para-hydroxylation sites is 4. The van der Waals surface area contributed by atoms with Crippen LogP contribution in [0.15, 0.2) is 175 Å². The Kier molecular flexibility index (Phi) is 7.84. The molecule has 0 N–H and O–H groups in total. The van der Waals surface area contributed by atoms with Crippen molar-refractivity contribution < 1.29 is 8.42 Å². The van der Waals surface area contributed by atoms with Gasteiger partial charge in [-0.25, -0.2) is 8.42 Å². The van der Waals surface area contributed by atoms with E-state index in [1.54, 1.807) is 12.1 Å². The molecule has 5 heteroatoms. The van der Waals surface area contributed by atoms with Gasteiger partial charge in [0.15, 0.2) is 9.84 Å². The van der Waals surface area contributed by atoms with Crippen molar-refractivity contribution in [3.63, 3.8) is 0 Å². The summed E-state index contributed by atoms with van der Waals surface area (Å²) < 4.78 is 26.9. The van der Waals surface area contributed by atoms with Crippen LogP contribution in [-0.2, 0) is 15.6 Å². The molecule has 0 aliphatic rings. The van der Waals surface area contributed by atoms with E-state index in [0.717, 1.165) is 39.7 Å². The van der Waals surface area contributed by atoms with Gasteiger partial charge in [0.1, 0.15) is 0 Å². The Morgan fingerprint density at radius 1 is 0.357 bits per heavy atom. The van der Waals surface area contributed by atoms with Crippen LogP contribution in [0.4, 0.5) is 34.1 Å². The van der Waals surface area contributed by atoms with Gasteiger partial charge in [0, 0.05) is 34.1 Å². The molecule has 0 radical (unpaired) electrons. The van der Waals surface area contributed by atoms with Gasteiger partial charge in [0.05, 0.1) is 10.6 Å². The zero-order valence-electron chi connectivity index (χ0n) is 23.0. The predicted molar refractivity (Wildman–Crippen MR) is 173 cm³/mol. The predicted octanol–water partition coefficient (Wildman–Crippen LogP) is 9.60. The normalized spacial score (nSPS) is 11.1. The summed E-state index contributed by atoms with van der Waals surface area (Å²) in [5, 5.41) is 0. The fourth-order valence-electron chi connectivity index (χ4n) is 5.05. The van der Waals surface area contributed by atoms with E-state index in [2.05, 4.69) is 34.1 Å². The molecule has 0 saturated heterocycles. The third-order valence-electron chi connectivity index (χ3n) is 7.06. The highest BCUT2D eigenvalue weighted by atomic mass is 32.2. The van der Waals surface area contributed by atoms with Crippen LogP contribution in [0.2, 0.25) is 0 Å². The van der Waals surface area contributed by atoms with Crippen LogP contribution < -0.4 is 9.80 Å². The van der Waals surface area contributed by atoms with Crippen LogP contribution in [0.3, 0.4) is 0 Å². The lowest BCUT2D eigenvalue weighted by molar-refractivity contribution is 0.595. The molecule has 0 heterocycles. The zero-order valence-corrected chi connectivity index (χ0v) is 23.8. The van der Waals surface area contributed by atoms with E-state index in [1.165, 1.54) is 0 Å². The van der Waals surface area contributed by atoms with E-state index in [0.29, 0.717) is 4.90 Å². The van der Waals surface area contributed by atoms with E-state index < -0.39 is 9.84 Å². The number of hydrogen-bond acceptors (Lipinski definition) is 4. The molecule has 4 nitrogen and oxygen atoms in total. The van der Waals surface area contributed by atoms with Crippen LogP contribution in [0.5, 0.6) is 0 Å². The summed E-state index contributed by atoms with van der Waals surface area (Å²) in [5.41, 5.74) is 6.64. The molecule has 0 aromatic heterocycles. The standard InChI is InChI=1S/C37H30N2O2S/c40-42(41,37-27-25-36(26-28-37)39(33-17-9-3-10-18-33)34-19-11-4-12-20-34)29-30-21-23-35(24-22-30)38(31-13-5-1-6-14-31)32-15-7-2-8-16-32/h1-28H,29H2. The Balaban J connectivity index is 1.24. The molecule has 6 rings (SSSR count). The van der Waals surface area contributed by atoms with Crippen molar-refractivity contribution in [3.8, 4) is 0 Å². The maximum absolute atomic E-state index is 13.5. The van der Waals surface area contributed by atoms with Crippen LogP contribution in [-0.4, -0.2) is 8.42 Å². The van der Waals surface area contributed by atoms with Crippen LogP contribution in [0.25, 0.3) is 0 Å². The maximum atomic E-state index is 13.5. The molecule has 0 atom stereocenters. The number of sulfone groups is 1. The fourth-order valence-corrected chi connectivity index (χ4v) is 6.40. The third kappa shape index (κ3) is 5.97. The second kappa shape index (κ2) is 12.2. The SMILES string of the molecule is O=S(=O)(Cc1ccc(N(c2ccccc2)c2ccccc2)cc1)c1ccc(N(c2ccccc2)c2ccccc2)cc1. The van der Waals surface area contributed by atoms with Gasteiger partial charge in [-0.15, -0.1) is 0 Å². The van der Waals surface area contributed by atoms with Gasteiger partial charge in [0.2, 0.25) is 0 Å². The Bertz CT molecular complexity index is 1750. The average Bonchev–Trinajstić information content (AvgIpc) is 3.04. The minimum Gasteiger partial charge on any atom is -0.311 e. The van der Waals surface area contributed by atoms with Crippen molar-refractivity contribution in [1.29, 1.82) is 0 Å². The van der Waals surface area contributed by atoms with Crippen molar-refractivity contribution in [3.05, 3.63) is 175 Å². The van der Waals surface area contributed by atoms with Crippen LogP contribution in [0.1, 0.15) is 5.56 Å². The lowest BCUT2D eigenvalue weighted by Gasteiger charge is -2.25. The van der Waals surface area contributed by atoms with Gasteiger partial charge in [-0.3, -0.25) is 0 Å². The Morgan fingerprint density at radius 2 is 0.643 bits per heavy atom. The molecule has 0 spiro atoms. The number of nitrogens with zero attached hydrogens (tertiary/aromatic N) is 2. The Labute approximate surface area is 247 Å². The maximum Gasteiger partial charge on any atom is 0.182 e. The Hall–Kier alpha value is -5.13. The molecule has 6 aromatic rings. The monoisotopic (exact) mass is 566 g/mol. The highest BCUT2D eigenvalue weighted by molar-refractivity contribution is 7.90. The van der Waals surface area contributed by atoms with Crippen molar-refractivity contribution in [2.45, 2.75) is 10.6 Å². The van der Waals surface area contributed by atoms with Crippen LogP contribution >= 0.6 is 0 Å². The van der Waals surface area contributed by atoms with E-state index >= 15 is 0 Å². The molecule has 6 aromatic carbocycles. The van der Waals surface area contributed by atoms with Gasteiger partial charge in [-0.2, -0.15) is 0 Å². The molecule has 0 saturated carbocycles. The first kappa shape index (κ1) is 27.1. The van der Waals surface area contributed by atoms with Gasteiger partial charge in [-0.1, -0.05) is 84.9 Å². The highest BCUT2D eigenvalue weighted by Crippen LogP contribution is 2.36. The molecule has 0 aliphatic heterocycles. The first-order valence-electron chi connectivity index (χ1n) is 13.8. The summed E-state index contributed by atoms with van der Waals surface area (Å²) in [6.07, 6.45) is 0. The minimum atomic E-state index is -3.55. The lowest BCUT2D eigenvalue weighted by atomic mass is 10.1. The van der Waals surface area contributed by atoms with Crippen molar-refractivity contribution in [2.75, 3.05) is 9.80 Å². The van der Waals surface area contributed by atoms with Gasteiger partial charge in [-0.05, 0) is 90.5 Å². The smallest absolute Gasteiger partial charge is 0.182 e. The summed E-state index contributed by atoms with van der Waals surface area (Å²) in [6.45, 7) is 0. The summed E-state index contributed by atoms with van der Waals surface area (Å²) in [4.78, 5) is 4.56. The molecule has 0 bridgehead atoms. The molecule has 0 unspecified atom stereocenters. The van der Waals surface area contributed by atoms with E-state index in [4.69, 9.17) is 0 Å². The molecular weight excluding hydrogens is 536 g/mol. The van der Waals surface area contributed by atoms with Crippen molar-refractivity contribution in [2.24, 2.45) is 0 Å². The summed E-state index contributed by atoms with van der Waals surface area (Å²) in [5.74, 6) is -0.0790. The topological polar surface area (TPSA) is 40.6 Å². The highest BCUT2D eigenvalue weighted by Gasteiger charge is 2.18. The largest absolute Gasteiger partial charge is 0.311 e. The zero-order chi connectivity index (χ0) is 28.8. The van der Waals surface area contributed by atoms with Gasteiger partial charge >= 0.3 is 0 Å². The second-order valence-electron chi connectivity index (χ2n) is 9.93. The van der Waals surface area contributed by atoms with Crippen molar-refractivity contribution in [1.82, 2.24) is 0 Å². The van der Waals surface area contributed by atoms with Crippen LogP contribution in [0, 0.1) is 0 Å².